The second-order valence-corrected chi connectivity index (χ2v) is 5.75. The minimum Gasteiger partial charge on any atom is -0.388 e. The number of halogens is 1. The molecule has 0 amide bonds. The molecule has 5 heteroatoms. The summed E-state index contributed by atoms with van der Waals surface area (Å²) >= 11 is 6.05. The van der Waals surface area contributed by atoms with Gasteiger partial charge in [-0.2, -0.15) is 5.10 Å². The van der Waals surface area contributed by atoms with Crippen molar-refractivity contribution < 1.29 is 5.11 Å². The van der Waals surface area contributed by atoms with Gasteiger partial charge in [-0.05, 0) is 25.0 Å². The molecule has 2 heterocycles. The van der Waals surface area contributed by atoms with Gasteiger partial charge in [0.1, 0.15) is 0 Å². The van der Waals surface area contributed by atoms with Gasteiger partial charge < -0.3 is 5.11 Å². The molecule has 1 aliphatic rings. The lowest BCUT2D eigenvalue weighted by Gasteiger charge is -2.11. The van der Waals surface area contributed by atoms with Crippen molar-refractivity contribution in [1.29, 1.82) is 0 Å². The van der Waals surface area contributed by atoms with E-state index < -0.39 is 6.10 Å². The van der Waals surface area contributed by atoms with Crippen LogP contribution in [0.15, 0.2) is 30.7 Å². The van der Waals surface area contributed by atoms with Crippen molar-refractivity contribution in [2.45, 2.75) is 44.2 Å². The first-order valence-electron chi connectivity index (χ1n) is 7.05. The zero-order valence-electron chi connectivity index (χ0n) is 11.2. The summed E-state index contributed by atoms with van der Waals surface area (Å²) in [5, 5.41) is 15.3. The highest BCUT2D eigenvalue weighted by Crippen LogP contribution is 2.29. The van der Waals surface area contributed by atoms with Crippen LogP contribution < -0.4 is 0 Å². The van der Waals surface area contributed by atoms with Crippen molar-refractivity contribution in [1.82, 2.24) is 14.8 Å². The van der Waals surface area contributed by atoms with Crippen molar-refractivity contribution in [2.75, 3.05) is 0 Å². The molecule has 0 radical (unpaired) electrons. The lowest BCUT2D eigenvalue weighted by molar-refractivity contribution is 0.177. The van der Waals surface area contributed by atoms with Gasteiger partial charge in [0.05, 0.1) is 22.9 Å². The summed E-state index contributed by atoms with van der Waals surface area (Å²) in [6.07, 6.45) is 10.0. The molecule has 0 saturated heterocycles. The molecule has 20 heavy (non-hydrogen) atoms. The third-order valence-electron chi connectivity index (χ3n) is 3.93. The van der Waals surface area contributed by atoms with Crippen LogP contribution in [0.4, 0.5) is 0 Å². The first kappa shape index (κ1) is 13.6. The van der Waals surface area contributed by atoms with E-state index in [0.717, 1.165) is 5.69 Å². The molecule has 0 spiro atoms. The average molecular weight is 292 g/mol. The molecule has 1 fully saturated rings. The van der Waals surface area contributed by atoms with E-state index >= 15 is 0 Å². The van der Waals surface area contributed by atoms with Crippen LogP contribution in [0.1, 0.15) is 49.1 Å². The molecule has 0 aromatic carbocycles. The monoisotopic (exact) mass is 291 g/mol. The van der Waals surface area contributed by atoms with Crippen molar-refractivity contribution in [3.05, 3.63) is 47.0 Å². The molecule has 1 aliphatic carbocycles. The number of pyridine rings is 1. The van der Waals surface area contributed by atoms with Crippen molar-refractivity contribution in [3.8, 4) is 0 Å². The van der Waals surface area contributed by atoms with E-state index in [1.807, 2.05) is 16.9 Å². The maximum absolute atomic E-state index is 10.3. The van der Waals surface area contributed by atoms with Gasteiger partial charge >= 0.3 is 0 Å². The molecule has 3 rings (SSSR count). The van der Waals surface area contributed by atoms with Crippen LogP contribution >= 0.6 is 11.6 Å². The van der Waals surface area contributed by atoms with Crippen LogP contribution in [-0.4, -0.2) is 19.9 Å². The van der Waals surface area contributed by atoms with Crippen LogP contribution in [0.25, 0.3) is 0 Å². The minimum absolute atomic E-state index is 0.476. The summed E-state index contributed by atoms with van der Waals surface area (Å²) in [6, 6.07) is 4.27. The fourth-order valence-electron chi connectivity index (χ4n) is 2.82. The summed E-state index contributed by atoms with van der Waals surface area (Å²) in [5.74, 6) is 0. The lowest BCUT2D eigenvalue weighted by Crippen LogP contribution is -2.07. The molecule has 1 unspecified atom stereocenters. The predicted molar refractivity (Wildman–Crippen MR) is 77.6 cm³/mol. The quantitative estimate of drug-likeness (QED) is 0.940. The third-order valence-corrected chi connectivity index (χ3v) is 4.24. The van der Waals surface area contributed by atoms with Crippen LogP contribution in [0.2, 0.25) is 5.02 Å². The van der Waals surface area contributed by atoms with Crippen LogP contribution in [0.5, 0.6) is 0 Å². The molecule has 4 nitrogen and oxygen atoms in total. The Labute approximate surface area is 123 Å². The smallest absolute Gasteiger partial charge is 0.0861 e. The Morgan fingerprint density at radius 3 is 2.90 bits per heavy atom. The van der Waals surface area contributed by atoms with Gasteiger partial charge in [-0.1, -0.05) is 24.4 Å². The molecule has 2 aromatic rings. The summed E-state index contributed by atoms with van der Waals surface area (Å²) in [7, 11) is 0. The summed E-state index contributed by atoms with van der Waals surface area (Å²) in [4.78, 5) is 3.93. The molecule has 106 valence electrons. The lowest BCUT2D eigenvalue weighted by atomic mass is 10.1. The normalized spacial score (nSPS) is 17.5. The van der Waals surface area contributed by atoms with Gasteiger partial charge in [-0.25, -0.2) is 0 Å². The average Bonchev–Trinajstić information content (AvgIpc) is 3.09. The van der Waals surface area contributed by atoms with E-state index in [2.05, 4.69) is 10.1 Å². The zero-order chi connectivity index (χ0) is 13.9. The topological polar surface area (TPSA) is 50.9 Å². The Hall–Kier alpha value is -1.39. The number of rotatable bonds is 4. The van der Waals surface area contributed by atoms with Gasteiger partial charge in [0, 0.05) is 30.6 Å². The van der Waals surface area contributed by atoms with Gasteiger partial charge in [0.2, 0.25) is 0 Å². The predicted octanol–water partition coefficient (Wildman–Crippen LogP) is 3.32. The van der Waals surface area contributed by atoms with Gasteiger partial charge in [0.15, 0.2) is 0 Å². The first-order chi connectivity index (χ1) is 9.74. The largest absolute Gasteiger partial charge is 0.388 e. The van der Waals surface area contributed by atoms with Gasteiger partial charge in [-0.3, -0.25) is 9.67 Å². The van der Waals surface area contributed by atoms with Crippen molar-refractivity contribution in [3.63, 3.8) is 0 Å². The molecule has 0 aliphatic heterocycles. The Bertz CT molecular complexity index is 578. The Morgan fingerprint density at radius 2 is 2.15 bits per heavy atom. The Balaban J connectivity index is 1.70. The van der Waals surface area contributed by atoms with Crippen LogP contribution in [-0.2, 0) is 6.42 Å². The Morgan fingerprint density at radius 1 is 1.35 bits per heavy atom. The van der Waals surface area contributed by atoms with Gasteiger partial charge in [0.25, 0.3) is 0 Å². The van der Waals surface area contributed by atoms with Crippen LogP contribution in [0.3, 0.4) is 0 Å². The fourth-order valence-corrected chi connectivity index (χ4v) is 3.07. The highest BCUT2D eigenvalue weighted by molar-refractivity contribution is 6.31. The highest BCUT2D eigenvalue weighted by Gasteiger charge is 2.19. The van der Waals surface area contributed by atoms with Crippen LogP contribution in [0, 0.1) is 0 Å². The van der Waals surface area contributed by atoms with Gasteiger partial charge in [-0.15, -0.1) is 0 Å². The minimum atomic E-state index is -0.641. The fraction of sp³-hybridized carbons (Fsp3) is 0.467. The molecular weight excluding hydrogens is 274 g/mol. The highest BCUT2D eigenvalue weighted by atomic mass is 35.5. The van der Waals surface area contributed by atoms with E-state index in [4.69, 9.17) is 11.6 Å². The molecule has 1 saturated carbocycles. The van der Waals surface area contributed by atoms with Crippen molar-refractivity contribution in [2.24, 2.45) is 0 Å². The molecular formula is C15H18ClN3O. The van der Waals surface area contributed by atoms with E-state index in [9.17, 15) is 5.11 Å². The number of nitrogens with zero attached hydrogens (tertiary/aromatic N) is 3. The SMILES string of the molecule is OC(Cc1ccn(C2CCCC2)n1)c1ccncc1Cl. The number of aliphatic hydroxyl groups excluding tert-OH is 1. The van der Waals surface area contributed by atoms with E-state index in [0.29, 0.717) is 23.0 Å². The number of hydrogen-bond donors (Lipinski definition) is 1. The molecule has 0 bridgehead atoms. The standard InChI is InChI=1S/C15H18ClN3O/c16-14-10-17-7-5-13(14)15(20)9-11-6-8-19(18-11)12-3-1-2-4-12/h5-8,10,12,15,20H,1-4,9H2. The third kappa shape index (κ3) is 2.86. The Kier molecular flexibility index (Phi) is 4.03. The molecule has 1 atom stereocenters. The maximum Gasteiger partial charge on any atom is 0.0861 e. The van der Waals surface area contributed by atoms with E-state index in [1.54, 1.807) is 18.5 Å². The molecule has 1 N–H and O–H groups in total. The summed E-state index contributed by atoms with van der Waals surface area (Å²) in [5.41, 5.74) is 1.61. The summed E-state index contributed by atoms with van der Waals surface area (Å²) in [6.45, 7) is 0. The van der Waals surface area contributed by atoms with E-state index in [-0.39, 0.29) is 0 Å². The second-order valence-electron chi connectivity index (χ2n) is 5.34. The first-order valence-corrected chi connectivity index (χ1v) is 7.43. The van der Waals surface area contributed by atoms with Crippen molar-refractivity contribution >= 4 is 11.6 Å². The molecule has 2 aromatic heterocycles. The zero-order valence-corrected chi connectivity index (χ0v) is 12.0. The maximum atomic E-state index is 10.3. The summed E-state index contributed by atoms with van der Waals surface area (Å²) < 4.78 is 2.04. The van der Waals surface area contributed by atoms with E-state index in [1.165, 1.54) is 25.7 Å². The number of aromatic nitrogens is 3. The second kappa shape index (κ2) is 5.94. The number of hydrogen-bond acceptors (Lipinski definition) is 3. The number of aliphatic hydroxyl groups is 1.